The summed E-state index contributed by atoms with van der Waals surface area (Å²) in [4.78, 5) is 0. The van der Waals surface area contributed by atoms with Crippen LogP contribution in [-0.2, 0) is 11.2 Å². The van der Waals surface area contributed by atoms with E-state index in [0.29, 0.717) is 12.8 Å². The lowest BCUT2D eigenvalue weighted by Gasteiger charge is -2.17. The molecule has 0 bridgehead atoms. The van der Waals surface area contributed by atoms with Gasteiger partial charge in [-0.25, -0.2) is 0 Å². The van der Waals surface area contributed by atoms with Crippen molar-refractivity contribution in [3.05, 3.63) is 23.8 Å². The zero-order valence-electron chi connectivity index (χ0n) is 11.4. The lowest BCUT2D eigenvalue weighted by atomic mass is 10.1. The Kier molecular flexibility index (Phi) is 3.89. The number of nitrogens with one attached hydrogen (secondary N) is 1. The highest BCUT2D eigenvalue weighted by Crippen LogP contribution is 2.33. The van der Waals surface area contributed by atoms with Gasteiger partial charge in [-0.3, -0.25) is 0 Å². The average molecular weight is 263 g/mol. The zero-order chi connectivity index (χ0) is 13.1. The fraction of sp³-hybridized carbons (Fsp3) is 0.600. The van der Waals surface area contributed by atoms with E-state index in [4.69, 9.17) is 14.2 Å². The molecule has 2 aliphatic rings. The third-order valence-corrected chi connectivity index (χ3v) is 3.79. The van der Waals surface area contributed by atoms with Gasteiger partial charge >= 0.3 is 0 Å². The van der Waals surface area contributed by atoms with Gasteiger partial charge in [-0.1, -0.05) is 6.07 Å². The molecule has 0 amide bonds. The molecule has 3 rings (SSSR count). The van der Waals surface area contributed by atoms with E-state index in [1.165, 1.54) is 18.4 Å². The van der Waals surface area contributed by atoms with Crippen LogP contribution in [0.4, 0.5) is 0 Å². The third-order valence-electron chi connectivity index (χ3n) is 3.79. The fourth-order valence-corrected chi connectivity index (χ4v) is 2.54. The predicted molar refractivity (Wildman–Crippen MR) is 72.7 cm³/mol. The summed E-state index contributed by atoms with van der Waals surface area (Å²) in [6.07, 6.45) is 3.68. The van der Waals surface area contributed by atoms with E-state index in [0.717, 1.165) is 37.0 Å². The van der Waals surface area contributed by atoms with Crippen LogP contribution in [0.1, 0.15) is 18.4 Å². The van der Waals surface area contributed by atoms with Gasteiger partial charge in [-0.2, -0.15) is 0 Å². The van der Waals surface area contributed by atoms with Gasteiger partial charge in [0.25, 0.3) is 0 Å². The summed E-state index contributed by atoms with van der Waals surface area (Å²) >= 11 is 0. The molecule has 1 heterocycles. The van der Waals surface area contributed by atoms with Crippen molar-refractivity contribution >= 4 is 0 Å². The Labute approximate surface area is 114 Å². The Morgan fingerprint density at radius 1 is 1.32 bits per heavy atom. The molecule has 1 aromatic carbocycles. The molecule has 1 atom stereocenters. The van der Waals surface area contributed by atoms with Crippen LogP contribution in [-0.4, -0.2) is 33.1 Å². The molecule has 0 aromatic heterocycles. The van der Waals surface area contributed by atoms with E-state index in [-0.39, 0.29) is 0 Å². The van der Waals surface area contributed by atoms with Crippen molar-refractivity contribution < 1.29 is 14.2 Å². The molecule has 4 nitrogen and oxygen atoms in total. The minimum atomic E-state index is 0.342. The molecule has 4 heteroatoms. The Hall–Kier alpha value is -1.26. The molecular formula is C15H21NO3. The quantitative estimate of drug-likeness (QED) is 0.816. The maximum atomic E-state index is 5.39. The minimum Gasteiger partial charge on any atom is -0.454 e. The van der Waals surface area contributed by atoms with Gasteiger partial charge in [0.1, 0.15) is 0 Å². The van der Waals surface area contributed by atoms with Gasteiger partial charge in [-0.15, -0.1) is 0 Å². The van der Waals surface area contributed by atoms with Gasteiger partial charge in [-0.05, 0) is 49.4 Å². The van der Waals surface area contributed by atoms with Gasteiger partial charge in [0.05, 0.1) is 6.61 Å². The summed E-state index contributed by atoms with van der Waals surface area (Å²) < 4.78 is 16.0. The summed E-state index contributed by atoms with van der Waals surface area (Å²) in [7, 11) is 1.77. The Morgan fingerprint density at radius 2 is 2.16 bits per heavy atom. The maximum absolute atomic E-state index is 5.39. The molecule has 1 saturated carbocycles. The van der Waals surface area contributed by atoms with E-state index in [2.05, 4.69) is 17.4 Å². The lowest BCUT2D eigenvalue weighted by Crippen LogP contribution is -2.36. The molecule has 19 heavy (non-hydrogen) atoms. The van der Waals surface area contributed by atoms with Crippen LogP contribution in [0.15, 0.2) is 18.2 Å². The molecular weight excluding hydrogens is 242 g/mol. The second-order valence-corrected chi connectivity index (χ2v) is 5.29. The first-order valence-corrected chi connectivity index (χ1v) is 6.97. The number of methoxy groups -OCH3 is 1. The summed E-state index contributed by atoms with van der Waals surface area (Å²) in [6.45, 7) is 2.13. The van der Waals surface area contributed by atoms with Crippen LogP contribution < -0.4 is 14.8 Å². The fourth-order valence-electron chi connectivity index (χ4n) is 2.54. The second kappa shape index (κ2) is 5.80. The van der Waals surface area contributed by atoms with Gasteiger partial charge in [0.15, 0.2) is 11.5 Å². The van der Waals surface area contributed by atoms with Crippen molar-refractivity contribution in [1.82, 2.24) is 5.32 Å². The number of rotatable bonds is 7. The Morgan fingerprint density at radius 3 is 2.95 bits per heavy atom. The number of hydrogen-bond acceptors (Lipinski definition) is 4. The first-order valence-electron chi connectivity index (χ1n) is 6.97. The van der Waals surface area contributed by atoms with Crippen LogP contribution in [0.3, 0.4) is 0 Å². The van der Waals surface area contributed by atoms with Crippen LogP contribution in [0.5, 0.6) is 11.5 Å². The van der Waals surface area contributed by atoms with Crippen molar-refractivity contribution in [2.75, 3.05) is 27.1 Å². The summed E-state index contributed by atoms with van der Waals surface area (Å²) in [5, 5.41) is 3.60. The van der Waals surface area contributed by atoms with Crippen LogP contribution >= 0.6 is 0 Å². The smallest absolute Gasteiger partial charge is 0.231 e. The normalized spacial score (nSPS) is 18.6. The van der Waals surface area contributed by atoms with E-state index in [1.54, 1.807) is 7.11 Å². The maximum Gasteiger partial charge on any atom is 0.231 e. The first-order chi connectivity index (χ1) is 9.36. The molecule has 1 aliphatic carbocycles. The molecule has 1 N–H and O–H groups in total. The Balaban J connectivity index is 1.49. The predicted octanol–water partition coefficient (Wildman–Crippen LogP) is 1.97. The second-order valence-electron chi connectivity index (χ2n) is 5.29. The minimum absolute atomic E-state index is 0.342. The van der Waals surface area contributed by atoms with Crippen molar-refractivity contribution in [3.63, 3.8) is 0 Å². The SMILES string of the molecule is COCC(NCCc1ccc2c(c1)OCO2)C1CC1. The molecule has 1 unspecified atom stereocenters. The zero-order valence-corrected chi connectivity index (χ0v) is 11.4. The molecule has 1 fully saturated rings. The van der Waals surface area contributed by atoms with Crippen molar-refractivity contribution in [1.29, 1.82) is 0 Å². The van der Waals surface area contributed by atoms with E-state index < -0.39 is 0 Å². The molecule has 0 saturated heterocycles. The van der Waals surface area contributed by atoms with E-state index in [1.807, 2.05) is 6.07 Å². The highest BCUT2D eigenvalue weighted by molar-refractivity contribution is 5.44. The summed E-state index contributed by atoms with van der Waals surface area (Å²) in [6, 6.07) is 6.69. The van der Waals surface area contributed by atoms with Crippen molar-refractivity contribution in [2.24, 2.45) is 5.92 Å². The van der Waals surface area contributed by atoms with Crippen molar-refractivity contribution in [3.8, 4) is 11.5 Å². The Bertz CT molecular complexity index is 431. The first kappa shape index (κ1) is 12.8. The molecule has 104 valence electrons. The molecule has 0 radical (unpaired) electrons. The van der Waals surface area contributed by atoms with Crippen LogP contribution in [0.25, 0.3) is 0 Å². The topological polar surface area (TPSA) is 39.7 Å². The van der Waals surface area contributed by atoms with Gasteiger partial charge in [0, 0.05) is 13.2 Å². The largest absolute Gasteiger partial charge is 0.454 e. The van der Waals surface area contributed by atoms with Crippen LogP contribution in [0.2, 0.25) is 0 Å². The lowest BCUT2D eigenvalue weighted by molar-refractivity contribution is 0.158. The number of fused-ring (bicyclic) bond motifs is 1. The van der Waals surface area contributed by atoms with E-state index in [9.17, 15) is 0 Å². The van der Waals surface area contributed by atoms with E-state index >= 15 is 0 Å². The average Bonchev–Trinajstić information content (AvgIpc) is 3.16. The highest BCUT2D eigenvalue weighted by atomic mass is 16.7. The standard InChI is InChI=1S/C15H21NO3/c1-17-9-13(12-3-4-12)16-7-6-11-2-5-14-15(8-11)19-10-18-14/h2,5,8,12-13,16H,3-4,6-7,9-10H2,1H3. The molecule has 1 aliphatic heterocycles. The van der Waals surface area contributed by atoms with Gasteiger partial charge in [0.2, 0.25) is 6.79 Å². The van der Waals surface area contributed by atoms with Crippen LogP contribution in [0, 0.1) is 5.92 Å². The highest BCUT2D eigenvalue weighted by Gasteiger charge is 2.30. The van der Waals surface area contributed by atoms with Crippen molar-refractivity contribution in [2.45, 2.75) is 25.3 Å². The number of hydrogen-bond donors (Lipinski definition) is 1. The summed E-state index contributed by atoms with van der Waals surface area (Å²) in [5.41, 5.74) is 1.28. The van der Waals surface area contributed by atoms with Gasteiger partial charge < -0.3 is 19.5 Å². The summed E-state index contributed by atoms with van der Waals surface area (Å²) in [5.74, 6) is 2.54. The third kappa shape index (κ3) is 3.19. The number of ether oxygens (including phenoxy) is 3. The molecule has 0 spiro atoms. The molecule has 1 aromatic rings. The number of benzene rings is 1. The monoisotopic (exact) mass is 263 g/mol.